The van der Waals surface area contributed by atoms with Crippen LogP contribution in [0.5, 0.6) is 0 Å². The van der Waals surface area contributed by atoms with Gasteiger partial charge in [0.1, 0.15) is 11.9 Å². The average Bonchev–Trinajstić information content (AvgIpc) is 3.22. The molecule has 2 amide bonds. The lowest BCUT2D eigenvalue weighted by atomic mass is 10.1. The molecule has 2 aliphatic heterocycles. The molecule has 4 heterocycles. The Hall–Kier alpha value is -2.60. The van der Waals surface area contributed by atoms with Gasteiger partial charge in [-0.3, -0.25) is 4.79 Å². The minimum absolute atomic E-state index is 0.0489. The number of hydrogen-bond donors (Lipinski definition) is 1. The van der Waals surface area contributed by atoms with E-state index in [1.165, 1.54) is 12.4 Å². The van der Waals surface area contributed by atoms with E-state index in [0.29, 0.717) is 39.0 Å². The maximum atomic E-state index is 13.8. The smallest absolute Gasteiger partial charge is 0.417 e. The van der Waals surface area contributed by atoms with Crippen LogP contribution in [0.1, 0.15) is 28.8 Å². The molecule has 2 saturated heterocycles. The van der Waals surface area contributed by atoms with Gasteiger partial charge in [-0.25, -0.2) is 9.78 Å². The van der Waals surface area contributed by atoms with Crippen LogP contribution in [0.2, 0.25) is 0 Å². The van der Waals surface area contributed by atoms with E-state index >= 15 is 0 Å². The third-order valence-corrected chi connectivity index (χ3v) is 7.08. The Bertz CT molecular complexity index is 1030. The Morgan fingerprint density at radius 3 is 2.42 bits per heavy atom. The van der Waals surface area contributed by atoms with E-state index in [9.17, 15) is 22.8 Å². The van der Waals surface area contributed by atoms with E-state index < -0.39 is 17.6 Å². The number of piperazine rings is 1. The monoisotopic (exact) mass is 485 g/mol. The van der Waals surface area contributed by atoms with Crippen LogP contribution in [0.15, 0.2) is 11.4 Å². The zero-order valence-corrected chi connectivity index (χ0v) is 19.3. The molecule has 2 aromatic rings. The molecule has 2 fully saturated rings. The number of carbonyl (C=O) groups excluding carboxylic acids is 2. The minimum atomic E-state index is -4.57. The fourth-order valence-corrected chi connectivity index (χ4v) is 5.10. The van der Waals surface area contributed by atoms with Crippen LogP contribution in [-0.4, -0.2) is 86.3 Å². The van der Waals surface area contributed by atoms with Gasteiger partial charge in [-0.2, -0.15) is 13.2 Å². The van der Waals surface area contributed by atoms with Crippen molar-refractivity contribution in [2.45, 2.75) is 25.1 Å². The summed E-state index contributed by atoms with van der Waals surface area (Å²) in [6.45, 7) is 3.62. The zero-order chi connectivity index (χ0) is 23.8. The van der Waals surface area contributed by atoms with Gasteiger partial charge in [0.25, 0.3) is 5.91 Å². The predicted molar refractivity (Wildman–Crippen MR) is 119 cm³/mol. The average molecular weight is 486 g/mol. The molecule has 0 spiro atoms. The molecule has 8 nitrogen and oxygen atoms in total. The SMILES string of the molecule is CNC(=O)c1csc2c(C(F)(F)F)cc(N3CCC(OC(=O)N4CCN(C)CC4)CC3)nc12. The van der Waals surface area contributed by atoms with Gasteiger partial charge in [0.05, 0.1) is 21.3 Å². The second-order valence-corrected chi connectivity index (χ2v) is 9.17. The zero-order valence-electron chi connectivity index (χ0n) is 18.4. The molecule has 12 heteroatoms. The number of piperidine rings is 1. The van der Waals surface area contributed by atoms with Gasteiger partial charge in [0, 0.05) is 64.5 Å². The molecule has 0 atom stereocenters. The first-order valence-electron chi connectivity index (χ1n) is 10.8. The molecule has 4 rings (SSSR count). The van der Waals surface area contributed by atoms with Crippen molar-refractivity contribution < 1.29 is 27.5 Å². The highest BCUT2D eigenvalue weighted by molar-refractivity contribution is 7.17. The summed E-state index contributed by atoms with van der Waals surface area (Å²) in [4.78, 5) is 34.6. The number of pyridine rings is 1. The third-order valence-electron chi connectivity index (χ3n) is 6.08. The number of alkyl halides is 3. The highest BCUT2D eigenvalue weighted by Crippen LogP contribution is 2.40. The fraction of sp³-hybridized carbons (Fsp3) is 0.571. The number of nitrogens with one attached hydrogen (secondary N) is 1. The number of carbonyl (C=O) groups is 2. The number of ether oxygens (including phenoxy) is 1. The molecule has 0 bridgehead atoms. The Labute approximate surface area is 193 Å². The Morgan fingerprint density at radius 2 is 1.82 bits per heavy atom. The number of rotatable bonds is 3. The summed E-state index contributed by atoms with van der Waals surface area (Å²) in [5, 5.41) is 3.85. The van der Waals surface area contributed by atoms with Crippen LogP contribution in [0, 0.1) is 0 Å². The Morgan fingerprint density at radius 1 is 1.15 bits per heavy atom. The number of nitrogens with zero attached hydrogens (tertiary/aromatic N) is 4. The molecule has 2 aliphatic rings. The van der Waals surface area contributed by atoms with Crippen molar-refractivity contribution in [2.24, 2.45) is 0 Å². The van der Waals surface area contributed by atoms with E-state index in [0.717, 1.165) is 30.5 Å². The molecular formula is C21H26F3N5O3S. The van der Waals surface area contributed by atoms with Crippen LogP contribution >= 0.6 is 11.3 Å². The summed E-state index contributed by atoms with van der Waals surface area (Å²) in [5.74, 6) is -0.309. The van der Waals surface area contributed by atoms with Gasteiger partial charge in [0.2, 0.25) is 0 Å². The quantitative estimate of drug-likeness (QED) is 0.720. The largest absolute Gasteiger partial charge is 0.446 e. The summed E-state index contributed by atoms with van der Waals surface area (Å²) in [7, 11) is 3.43. The highest BCUT2D eigenvalue weighted by Gasteiger charge is 2.36. The summed E-state index contributed by atoms with van der Waals surface area (Å²) < 4.78 is 46.9. The summed E-state index contributed by atoms with van der Waals surface area (Å²) in [5.41, 5.74) is -0.625. The molecular weight excluding hydrogens is 459 g/mol. The molecule has 1 N–H and O–H groups in total. The normalized spacial score (nSPS) is 18.6. The molecule has 0 unspecified atom stereocenters. The standard InChI is InChI=1S/C21H26F3N5O3S/c1-25-19(30)14-12-33-18-15(21(22,23)24)11-16(26-17(14)18)28-5-3-13(4-6-28)32-20(31)29-9-7-27(2)8-10-29/h11-13H,3-10H2,1-2H3,(H,25,30). The Balaban J connectivity index is 1.48. The van der Waals surface area contributed by atoms with Gasteiger partial charge in [-0.05, 0) is 13.1 Å². The van der Waals surface area contributed by atoms with Crippen molar-refractivity contribution in [2.75, 3.05) is 58.3 Å². The number of thiophene rings is 1. The van der Waals surface area contributed by atoms with Gasteiger partial charge < -0.3 is 24.8 Å². The van der Waals surface area contributed by atoms with E-state index in [2.05, 4.69) is 15.2 Å². The first-order chi connectivity index (χ1) is 15.7. The maximum Gasteiger partial charge on any atom is 0.417 e. The van der Waals surface area contributed by atoms with Gasteiger partial charge >= 0.3 is 12.3 Å². The number of amides is 2. The van der Waals surface area contributed by atoms with Crippen molar-refractivity contribution >= 4 is 39.4 Å². The molecule has 2 aromatic heterocycles. The lowest BCUT2D eigenvalue weighted by Gasteiger charge is -2.35. The van der Waals surface area contributed by atoms with Crippen molar-refractivity contribution in [3.8, 4) is 0 Å². The maximum absolute atomic E-state index is 13.8. The third kappa shape index (κ3) is 5.01. The first kappa shape index (κ1) is 23.6. The molecule has 0 saturated carbocycles. The van der Waals surface area contributed by atoms with Gasteiger partial charge in [0.15, 0.2) is 0 Å². The number of aromatic nitrogens is 1. The van der Waals surface area contributed by atoms with Crippen LogP contribution in [0.25, 0.3) is 10.2 Å². The Kier molecular flexibility index (Phi) is 6.66. The first-order valence-corrected chi connectivity index (χ1v) is 11.7. The summed E-state index contributed by atoms with van der Waals surface area (Å²) >= 11 is 0.860. The molecule has 0 radical (unpaired) electrons. The number of halogens is 3. The molecule has 0 aliphatic carbocycles. The van der Waals surface area contributed by atoms with Gasteiger partial charge in [-0.15, -0.1) is 11.3 Å². The van der Waals surface area contributed by atoms with Crippen molar-refractivity contribution in [3.05, 3.63) is 22.6 Å². The van der Waals surface area contributed by atoms with E-state index in [4.69, 9.17) is 4.74 Å². The van der Waals surface area contributed by atoms with Crippen LogP contribution in [-0.2, 0) is 10.9 Å². The van der Waals surface area contributed by atoms with Crippen molar-refractivity contribution in [1.29, 1.82) is 0 Å². The van der Waals surface area contributed by atoms with Crippen LogP contribution in [0.3, 0.4) is 0 Å². The molecule has 0 aromatic carbocycles. The highest BCUT2D eigenvalue weighted by atomic mass is 32.1. The second kappa shape index (κ2) is 9.34. The van der Waals surface area contributed by atoms with Crippen LogP contribution in [0.4, 0.5) is 23.8 Å². The van der Waals surface area contributed by atoms with Gasteiger partial charge in [-0.1, -0.05) is 0 Å². The number of hydrogen-bond acceptors (Lipinski definition) is 7. The van der Waals surface area contributed by atoms with Crippen molar-refractivity contribution in [1.82, 2.24) is 20.1 Å². The van der Waals surface area contributed by atoms with Crippen LogP contribution < -0.4 is 10.2 Å². The summed E-state index contributed by atoms with van der Waals surface area (Å²) in [6, 6.07) is 1.04. The second-order valence-electron chi connectivity index (χ2n) is 8.29. The van der Waals surface area contributed by atoms with E-state index in [1.54, 1.807) is 9.80 Å². The summed E-state index contributed by atoms with van der Waals surface area (Å²) in [6.07, 6.45) is -4.22. The molecule has 180 valence electrons. The minimum Gasteiger partial charge on any atom is -0.446 e. The number of fused-ring (bicyclic) bond motifs is 1. The van der Waals surface area contributed by atoms with E-state index in [1.807, 2.05) is 7.05 Å². The topological polar surface area (TPSA) is 78.0 Å². The van der Waals surface area contributed by atoms with Crippen molar-refractivity contribution in [3.63, 3.8) is 0 Å². The lowest BCUT2D eigenvalue weighted by molar-refractivity contribution is -0.136. The number of anilines is 1. The predicted octanol–water partition coefficient (Wildman–Crippen LogP) is 3.03. The molecule has 33 heavy (non-hydrogen) atoms. The lowest BCUT2D eigenvalue weighted by Crippen LogP contribution is -2.48. The number of likely N-dealkylation sites (N-methyl/N-ethyl adjacent to an activating group) is 1. The fourth-order valence-electron chi connectivity index (χ4n) is 4.07. The van der Waals surface area contributed by atoms with E-state index in [-0.39, 0.29) is 33.8 Å².